The number of rotatable bonds is 9. The zero-order chi connectivity index (χ0) is 27.0. The number of hydrogen-bond donors (Lipinski definition) is 0. The van der Waals surface area contributed by atoms with Gasteiger partial charge in [0.1, 0.15) is 0 Å². The van der Waals surface area contributed by atoms with E-state index in [1.807, 2.05) is 0 Å². The summed E-state index contributed by atoms with van der Waals surface area (Å²) in [6.45, 7) is 0. The minimum absolute atomic E-state index is 0.475. The molecular formula is C38H32P2. The first-order chi connectivity index (χ1) is 19.8. The summed E-state index contributed by atoms with van der Waals surface area (Å²) in [5, 5.41) is 5.69. The molecule has 0 N–H and O–H groups in total. The summed E-state index contributed by atoms with van der Waals surface area (Å²) in [6, 6.07) is 62.3. The molecule has 0 radical (unpaired) electrons. The van der Waals surface area contributed by atoms with E-state index in [0.717, 1.165) is 12.3 Å². The fourth-order valence-corrected chi connectivity index (χ4v) is 9.74. The van der Waals surface area contributed by atoms with Gasteiger partial charge in [0.25, 0.3) is 0 Å². The topological polar surface area (TPSA) is 0 Å². The highest BCUT2D eigenvalue weighted by Crippen LogP contribution is 2.40. The highest BCUT2D eigenvalue weighted by Gasteiger charge is 2.16. The number of benzene rings is 6. The average Bonchev–Trinajstić information content (AvgIpc) is 3.04. The average molecular weight is 551 g/mol. The maximum absolute atomic E-state index is 2.40. The minimum atomic E-state index is -0.475. The summed E-state index contributed by atoms with van der Waals surface area (Å²) in [5.74, 6) is 0. The van der Waals surface area contributed by atoms with Crippen LogP contribution in [0.4, 0.5) is 0 Å². The second-order valence-corrected chi connectivity index (χ2v) is 14.3. The van der Waals surface area contributed by atoms with E-state index >= 15 is 0 Å². The molecular weight excluding hydrogens is 518 g/mol. The molecule has 0 heterocycles. The Bertz CT molecular complexity index is 1430. The third-order valence-corrected chi connectivity index (χ3v) is 12.2. The summed E-state index contributed by atoms with van der Waals surface area (Å²) < 4.78 is 0. The summed E-state index contributed by atoms with van der Waals surface area (Å²) in [4.78, 5) is 0. The van der Waals surface area contributed by atoms with E-state index in [1.54, 1.807) is 0 Å². The normalized spacial score (nSPS) is 11.2. The van der Waals surface area contributed by atoms with Crippen LogP contribution in [0.2, 0.25) is 0 Å². The molecule has 0 atom stereocenters. The van der Waals surface area contributed by atoms with E-state index in [-0.39, 0.29) is 0 Å². The maximum Gasteiger partial charge on any atom is 0.000765 e. The molecule has 6 rings (SSSR count). The van der Waals surface area contributed by atoms with Gasteiger partial charge in [-0.3, -0.25) is 0 Å². The summed E-state index contributed by atoms with van der Waals surface area (Å²) >= 11 is 0. The fraction of sp³-hybridized carbons (Fsp3) is 0.0526. The van der Waals surface area contributed by atoms with Gasteiger partial charge in [0.05, 0.1) is 0 Å². The van der Waals surface area contributed by atoms with Crippen molar-refractivity contribution in [2.24, 2.45) is 0 Å². The van der Waals surface area contributed by atoms with Crippen molar-refractivity contribution in [3.63, 3.8) is 0 Å². The summed E-state index contributed by atoms with van der Waals surface area (Å²) in [5.41, 5.74) is 5.36. The molecule has 0 saturated carbocycles. The second kappa shape index (κ2) is 13.0. The number of hydrogen-bond acceptors (Lipinski definition) is 0. The van der Waals surface area contributed by atoms with Crippen molar-refractivity contribution in [1.82, 2.24) is 0 Å². The van der Waals surface area contributed by atoms with Gasteiger partial charge < -0.3 is 0 Å². The lowest BCUT2D eigenvalue weighted by Crippen LogP contribution is -2.13. The molecule has 6 aromatic rings. The smallest absolute Gasteiger partial charge is 0.000765 e. The van der Waals surface area contributed by atoms with Crippen LogP contribution in [0.5, 0.6) is 0 Å². The molecule has 0 amide bonds. The fourth-order valence-electron chi connectivity index (χ4n) is 5.16. The van der Waals surface area contributed by atoms with Crippen LogP contribution in [0.1, 0.15) is 11.1 Å². The van der Waals surface area contributed by atoms with Crippen molar-refractivity contribution in [3.8, 4) is 11.1 Å². The molecule has 0 aromatic heterocycles. The van der Waals surface area contributed by atoms with Gasteiger partial charge in [-0.2, -0.15) is 0 Å². The van der Waals surface area contributed by atoms with Gasteiger partial charge in [-0.1, -0.05) is 170 Å². The Labute approximate surface area is 240 Å². The lowest BCUT2D eigenvalue weighted by Gasteiger charge is -2.20. The predicted octanol–water partition coefficient (Wildman–Crippen LogP) is 8.62. The van der Waals surface area contributed by atoms with Crippen LogP contribution in [0.3, 0.4) is 0 Å². The van der Waals surface area contributed by atoms with E-state index in [4.69, 9.17) is 0 Å². The van der Waals surface area contributed by atoms with Crippen LogP contribution in [-0.2, 0) is 12.3 Å². The van der Waals surface area contributed by atoms with Crippen molar-refractivity contribution in [1.29, 1.82) is 0 Å². The Hall–Kier alpha value is -3.82. The van der Waals surface area contributed by atoms with E-state index in [0.29, 0.717) is 0 Å². The molecule has 40 heavy (non-hydrogen) atoms. The highest BCUT2D eigenvalue weighted by molar-refractivity contribution is 7.72. The van der Waals surface area contributed by atoms with Gasteiger partial charge in [-0.05, 0) is 59.3 Å². The van der Waals surface area contributed by atoms with Crippen molar-refractivity contribution >= 4 is 37.1 Å². The Kier molecular flexibility index (Phi) is 8.60. The van der Waals surface area contributed by atoms with E-state index in [2.05, 4.69) is 170 Å². The molecule has 2 heteroatoms. The monoisotopic (exact) mass is 550 g/mol. The Morgan fingerprint density at radius 2 is 0.600 bits per heavy atom. The third-order valence-electron chi connectivity index (χ3n) is 7.14. The van der Waals surface area contributed by atoms with Crippen molar-refractivity contribution < 1.29 is 0 Å². The van der Waals surface area contributed by atoms with E-state index in [1.165, 1.54) is 43.5 Å². The predicted molar refractivity (Wildman–Crippen MR) is 177 cm³/mol. The van der Waals surface area contributed by atoms with Crippen LogP contribution in [0.15, 0.2) is 170 Å². The second-order valence-electron chi connectivity index (χ2n) is 9.92. The molecule has 0 spiro atoms. The Morgan fingerprint density at radius 3 is 0.900 bits per heavy atom. The van der Waals surface area contributed by atoms with Gasteiger partial charge >= 0.3 is 0 Å². The zero-order valence-corrected chi connectivity index (χ0v) is 24.3. The minimum Gasteiger partial charge on any atom is -0.0622 e. The van der Waals surface area contributed by atoms with Crippen LogP contribution in [0.25, 0.3) is 11.1 Å². The van der Waals surface area contributed by atoms with Crippen LogP contribution < -0.4 is 21.2 Å². The Morgan fingerprint density at radius 1 is 0.300 bits per heavy atom. The van der Waals surface area contributed by atoms with Crippen LogP contribution >= 0.6 is 15.8 Å². The van der Waals surface area contributed by atoms with Crippen molar-refractivity contribution in [3.05, 3.63) is 181 Å². The Balaban J connectivity index is 1.28. The largest absolute Gasteiger partial charge is 0.0622 e. The van der Waals surface area contributed by atoms with Crippen molar-refractivity contribution in [2.75, 3.05) is 0 Å². The van der Waals surface area contributed by atoms with Gasteiger partial charge in [-0.15, -0.1) is 0 Å². The first-order valence-electron chi connectivity index (χ1n) is 13.8. The van der Waals surface area contributed by atoms with Crippen LogP contribution in [0, 0.1) is 0 Å². The van der Waals surface area contributed by atoms with E-state index in [9.17, 15) is 0 Å². The zero-order valence-electron chi connectivity index (χ0n) is 22.5. The molecule has 0 aliphatic heterocycles. The van der Waals surface area contributed by atoms with Gasteiger partial charge in [0, 0.05) is 12.3 Å². The molecule has 0 nitrogen and oxygen atoms in total. The van der Waals surface area contributed by atoms with E-state index < -0.39 is 15.8 Å². The summed E-state index contributed by atoms with van der Waals surface area (Å²) in [6.07, 6.45) is 2.06. The lowest BCUT2D eigenvalue weighted by atomic mass is 10.0. The van der Waals surface area contributed by atoms with Gasteiger partial charge in [0.2, 0.25) is 0 Å². The molecule has 0 aliphatic carbocycles. The molecule has 0 aliphatic rings. The molecule has 0 saturated heterocycles. The van der Waals surface area contributed by atoms with Gasteiger partial charge in [0.15, 0.2) is 0 Å². The van der Waals surface area contributed by atoms with Crippen LogP contribution in [-0.4, -0.2) is 0 Å². The molecule has 0 bridgehead atoms. The third kappa shape index (κ3) is 6.48. The molecule has 0 fully saturated rings. The lowest BCUT2D eigenvalue weighted by molar-refractivity contribution is 1.38. The quantitative estimate of drug-likeness (QED) is 0.158. The van der Waals surface area contributed by atoms with Crippen molar-refractivity contribution in [2.45, 2.75) is 12.3 Å². The standard InChI is InChI=1S/C38H32P2/c1-5-19-35(20-6-1)39(36-21-7-2-8-22-36)29-31-15-13-17-33(27-31)34-18-14-16-32(28-34)30-40(37-23-9-3-10-24-37)38-25-11-4-12-26-38/h1-28H,29-30H2. The first kappa shape index (κ1) is 26.4. The molecule has 194 valence electrons. The SMILES string of the molecule is c1ccc(P(Cc2cccc(-c3cccc(CP(c4ccccc4)c4ccccc4)c3)c2)c2ccccc2)cc1. The molecule has 6 aromatic carbocycles. The maximum atomic E-state index is 2.40. The first-order valence-corrected chi connectivity index (χ1v) is 16.8. The van der Waals surface area contributed by atoms with Gasteiger partial charge in [-0.25, -0.2) is 0 Å². The molecule has 0 unspecified atom stereocenters. The highest BCUT2D eigenvalue weighted by atomic mass is 31.1. The summed E-state index contributed by atoms with van der Waals surface area (Å²) in [7, 11) is -0.951.